The first kappa shape index (κ1) is 21.1. The molecule has 0 radical (unpaired) electrons. The SMILES string of the molecule is CCC(=NCCCN1CCOCC1)C1C(=O)NC(=O)N(c2ccccc2C)C1=O. The highest BCUT2D eigenvalue weighted by Gasteiger charge is 2.43. The quantitative estimate of drug-likeness (QED) is 0.428. The molecule has 2 saturated heterocycles. The van der Waals surface area contributed by atoms with E-state index in [0.29, 0.717) is 24.4 Å². The second-order valence-corrected chi connectivity index (χ2v) is 7.22. The number of urea groups is 1. The summed E-state index contributed by atoms with van der Waals surface area (Å²) in [7, 11) is 0. The number of nitrogens with one attached hydrogen (secondary N) is 1. The van der Waals surface area contributed by atoms with Gasteiger partial charge < -0.3 is 4.74 Å². The molecule has 1 aromatic rings. The van der Waals surface area contributed by atoms with Crippen molar-refractivity contribution in [2.75, 3.05) is 44.3 Å². The van der Waals surface area contributed by atoms with Gasteiger partial charge in [-0.25, -0.2) is 9.69 Å². The van der Waals surface area contributed by atoms with Gasteiger partial charge in [0.25, 0.3) is 5.91 Å². The number of carbonyl (C=O) groups is 3. The average molecular weight is 400 g/mol. The summed E-state index contributed by atoms with van der Waals surface area (Å²) >= 11 is 0. The van der Waals surface area contributed by atoms with Crippen molar-refractivity contribution in [3.63, 3.8) is 0 Å². The lowest BCUT2D eigenvalue weighted by atomic mass is 9.95. The Bertz CT molecular complexity index is 802. The summed E-state index contributed by atoms with van der Waals surface area (Å²) in [6, 6.07) is 6.40. The maximum atomic E-state index is 13.1. The summed E-state index contributed by atoms with van der Waals surface area (Å²) in [5, 5.41) is 2.32. The number of aliphatic imine (C=N–C) groups is 1. The normalized spacial score (nSPS) is 21.4. The Labute approximate surface area is 170 Å². The first-order valence-corrected chi connectivity index (χ1v) is 10.1. The molecule has 8 heteroatoms. The zero-order valence-electron chi connectivity index (χ0n) is 17.0. The second-order valence-electron chi connectivity index (χ2n) is 7.22. The lowest BCUT2D eigenvalue weighted by Crippen LogP contribution is -2.60. The summed E-state index contributed by atoms with van der Waals surface area (Å²) < 4.78 is 5.34. The first-order valence-electron chi connectivity index (χ1n) is 10.1. The first-order chi connectivity index (χ1) is 14.0. The third-order valence-corrected chi connectivity index (χ3v) is 5.27. The predicted octanol–water partition coefficient (Wildman–Crippen LogP) is 1.77. The van der Waals surface area contributed by atoms with Crippen molar-refractivity contribution in [3.8, 4) is 0 Å². The van der Waals surface area contributed by atoms with Crippen LogP contribution in [0.25, 0.3) is 0 Å². The highest BCUT2D eigenvalue weighted by molar-refractivity contribution is 6.35. The molecule has 29 heavy (non-hydrogen) atoms. The molecule has 0 spiro atoms. The van der Waals surface area contributed by atoms with Gasteiger partial charge in [0.05, 0.1) is 18.9 Å². The number of nitrogens with zero attached hydrogens (tertiary/aromatic N) is 3. The largest absolute Gasteiger partial charge is 0.379 e. The van der Waals surface area contributed by atoms with E-state index in [2.05, 4.69) is 15.2 Å². The lowest BCUT2D eigenvalue weighted by molar-refractivity contribution is -0.131. The van der Waals surface area contributed by atoms with Gasteiger partial charge in [-0.3, -0.25) is 24.8 Å². The van der Waals surface area contributed by atoms with Crippen LogP contribution in [0.2, 0.25) is 0 Å². The van der Waals surface area contributed by atoms with E-state index in [1.54, 1.807) is 12.1 Å². The molecular formula is C21H28N4O4. The molecule has 1 aromatic carbocycles. The molecule has 0 saturated carbocycles. The Morgan fingerprint density at radius 2 is 1.93 bits per heavy atom. The molecule has 0 aromatic heterocycles. The molecule has 4 amide bonds. The summed E-state index contributed by atoms with van der Waals surface area (Å²) in [5.41, 5.74) is 1.78. The molecule has 2 heterocycles. The molecule has 1 atom stereocenters. The Morgan fingerprint density at radius 3 is 2.62 bits per heavy atom. The van der Waals surface area contributed by atoms with Crippen molar-refractivity contribution in [2.24, 2.45) is 10.9 Å². The second kappa shape index (κ2) is 9.76. The van der Waals surface area contributed by atoms with Crippen LogP contribution in [0.15, 0.2) is 29.3 Å². The van der Waals surface area contributed by atoms with Crippen LogP contribution in [0, 0.1) is 12.8 Å². The fraction of sp³-hybridized carbons (Fsp3) is 0.524. The molecule has 3 rings (SSSR count). The van der Waals surface area contributed by atoms with Crippen molar-refractivity contribution < 1.29 is 19.1 Å². The van der Waals surface area contributed by atoms with E-state index in [9.17, 15) is 14.4 Å². The fourth-order valence-electron chi connectivity index (χ4n) is 3.66. The Balaban J connectivity index is 1.71. The van der Waals surface area contributed by atoms with E-state index in [1.165, 1.54) is 0 Å². The van der Waals surface area contributed by atoms with Crippen molar-refractivity contribution in [3.05, 3.63) is 29.8 Å². The van der Waals surface area contributed by atoms with Crippen LogP contribution in [0.1, 0.15) is 25.3 Å². The van der Waals surface area contributed by atoms with E-state index >= 15 is 0 Å². The number of anilines is 1. The number of hydrogen-bond donors (Lipinski definition) is 1. The van der Waals surface area contributed by atoms with Crippen LogP contribution in [-0.4, -0.2) is 67.8 Å². The van der Waals surface area contributed by atoms with Crippen LogP contribution < -0.4 is 10.2 Å². The van der Waals surface area contributed by atoms with Crippen molar-refractivity contribution >= 4 is 29.2 Å². The van der Waals surface area contributed by atoms with Crippen molar-refractivity contribution in [2.45, 2.75) is 26.7 Å². The molecular weight excluding hydrogens is 372 g/mol. The molecule has 156 valence electrons. The summed E-state index contributed by atoms with van der Waals surface area (Å²) in [6.45, 7) is 8.48. The smallest absolute Gasteiger partial charge is 0.335 e. The van der Waals surface area contributed by atoms with Gasteiger partial charge in [0.15, 0.2) is 5.92 Å². The fourth-order valence-corrected chi connectivity index (χ4v) is 3.66. The number of benzene rings is 1. The van der Waals surface area contributed by atoms with Crippen molar-refractivity contribution in [1.29, 1.82) is 0 Å². The number of aryl methyl sites for hydroxylation is 1. The van der Waals surface area contributed by atoms with Crippen molar-refractivity contribution in [1.82, 2.24) is 10.2 Å². The van der Waals surface area contributed by atoms with Crippen LogP contribution in [0.3, 0.4) is 0 Å². The number of para-hydroxylation sites is 1. The minimum Gasteiger partial charge on any atom is -0.379 e. The molecule has 2 fully saturated rings. The number of carbonyl (C=O) groups excluding carboxylic acids is 3. The Hall–Kier alpha value is -2.58. The van der Waals surface area contributed by atoms with Gasteiger partial charge in [-0.1, -0.05) is 25.1 Å². The molecule has 0 bridgehead atoms. The standard InChI is InChI=1S/C21H28N4O4/c1-3-16(22-9-6-10-24-11-13-29-14-12-24)18-19(26)23-21(28)25(20(18)27)17-8-5-4-7-15(17)2/h4-5,7-8,18H,3,6,9-14H2,1-2H3,(H,23,26,28). The topological polar surface area (TPSA) is 91.3 Å². The van der Waals surface area contributed by atoms with E-state index in [1.807, 2.05) is 26.0 Å². The Morgan fingerprint density at radius 1 is 1.21 bits per heavy atom. The third kappa shape index (κ3) is 4.89. The minimum absolute atomic E-state index is 0.469. The highest BCUT2D eigenvalue weighted by atomic mass is 16.5. The molecule has 1 unspecified atom stereocenters. The number of imide groups is 2. The highest BCUT2D eigenvalue weighted by Crippen LogP contribution is 2.25. The van der Waals surface area contributed by atoms with Gasteiger partial charge >= 0.3 is 6.03 Å². The summed E-state index contributed by atoms with van der Waals surface area (Å²) in [6.07, 6.45) is 1.31. The number of hydrogen-bond acceptors (Lipinski definition) is 6. The molecule has 0 aliphatic carbocycles. The van der Waals surface area contributed by atoms with E-state index in [0.717, 1.165) is 49.7 Å². The number of morpholine rings is 1. The predicted molar refractivity (Wildman–Crippen MR) is 110 cm³/mol. The van der Waals surface area contributed by atoms with Gasteiger partial charge in [-0.05, 0) is 31.4 Å². The summed E-state index contributed by atoms with van der Waals surface area (Å²) in [5.74, 6) is -2.21. The van der Waals surface area contributed by atoms with E-state index < -0.39 is 23.8 Å². The number of rotatable bonds is 7. The van der Waals surface area contributed by atoms with Gasteiger partial charge in [0.1, 0.15) is 0 Å². The van der Waals surface area contributed by atoms with Crippen LogP contribution in [-0.2, 0) is 14.3 Å². The van der Waals surface area contributed by atoms with Gasteiger partial charge in [0.2, 0.25) is 5.91 Å². The van der Waals surface area contributed by atoms with Crippen LogP contribution in [0.5, 0.6) is 0 Å². The van der Waals surface area contributed by atoms with E-state index in [4.69, 9.17) is 4.74 Å². The molecule has 2 aliphatic heterocycles. The van der Waals surface area contributed by atoms with Gasteiger partial charge in [-0.15, -0.1) is 0 Å². The van der Waals surface area contributed by atoms with Gasteiger partial charge in [0, 0.05) is 31.9 Å². The number of amides is 4. The third-order valence-electron chi connectivity index (χ3n) is 5.27. The number of ether oxygens (including phenoxy) is 1. The van der Waals surface area contributed by atoms with Crippen LogP contribution in [0.4, 0.5) is 10.5 Å². The molecule has 1 N–H and O–H groups in total. The van der Waals surface area contributed by atoms with Gasteiger partial charge in [-0.2, -0.15) is 0 Å². The molecule has 8 nitrogen and oxygen atoms in total. The van der Waals surface area contributed by atoms with Crippen LogP contribution >= 0.6 is 0 Å². The maximum Gasteiger partial charge on any atom is 0.335 e. The zero-order chi connectivity index (χ0) is 20.8. The van der Waals surface area contributed by atoms with E-state index in [-0.39, 0.29) is 0 Å². The average Bonchev–Trinajstić information content (AvgIpc) is 2.71. The Kier molecular flexibility index (Phi) is 7.11. The lowest BCUT2D eigenvalue weighted by Gasteiger charge is -2.31. The number of barbiturate groups is 1. The zero-order valence-corrected chi connectivity index (χ0v) is 17.0. The summed E-state index contributed by atoms with van der Waals surface area (Å²) in [4.78, 5) is 45.9. The minimum atomic E-state index is -1.07. The maximum absolute atomic E-state index is 13.1. The monoisotopic (exact) mass is 400 g/mol. The molecule has 2 aliphatic rings.